The van der Waals surface area contributed by atoms with Crippen molar-refractivity contribution in [3.63, 3.8) is 0 Å². The first-order valence-corrected chi connectivity index (χ1v) is 10.00. The van der Waals surface area contributed by atoms with Gasteiger partial charge >= 0.3 is 0 Å². The van der Waals surface area contributed by atoms with Crippen LogP contribution in [-0.2, 0) is 4.79 Å². The fourth-order valence-electron chi connectivity index (χ4n) is 3.86. The van der Waals surface area contributed by atoms with Crippen molar-refractivity contribution >= 4 is 18.1 Å². The lowest BCUT2D eigenvalue weighted by molar-refractivity contribution is -0.148. The number of benzene rings is 1. The summed E-state index contributed by atoms with van der Waals surface area (Å²) in [6, 6.07) is 11.8. The number of carbonyl (C=O) groups excluding carboxylic acids is 1. The third-order valence-corrected chi connectivity index (χ3v) is 5.10. The molecule has 1 aliphatic rings. The van der Waals surface area contributed by atoms with Gasteiger partial charge < -0.3 is 9.64 Å². The van der Waals surface area contributed by atoms with Crippen molar-refractivity contribution in [2.45, 2.75) is 39.7 Å². The largest absolute Gasteiger partial charge is 0.478 e. The fraction of sp³-hybridized carbons (Fsp3) is 0.417. The number of piperidine rings is 1. The molecule has 148 valence electrons. The number of likely N-dealkylation sites (tertiary alicyclic amines) is 1. The lowest BCUT2D eigenvalue weighted by atomic mass is 9.90. The van der Waals surface area contributed by atoms with Gasteiger partial charge in [-0.15, -0.1) is 0 Å². The standard InChI is InChI=1S/C24H30N2O2/c1-18-15-19(2)17-26(16-18)23(27)24(3,4)28-22-9-7-20(8-10-22)5-6-21-11-13-25-14-12-21/h5-14,18-19H,15-17H2,1-4H3/b6-5+. The van der Waals surface area contributed by atoms with Gasteiger partial charge in [-0.3, -0.25) is 9.78 Å². The maximum Gasteiger partial charge on any atom is 0.266 e. The molecular weight excluding hydrogens is 348 g/mol. The van der Waals surface area contributed by atoms with Gasteiger partial charge in [-0.25, -0.2) is 0 Å². The van der Waals surface area contributed by atoms with Crippen LogP contribution in [0.1, 0.15) is 45.2 Å². The lowest BCUT2D eigenvalue weighted by Crippen LogP contribution is -2.53. The molecular formula is C24H30N2O2. The average molecular weight is 379 g/mol. The highest BCUT2D eigenvalue weighted by atomic mass is 16.5. The third kappa shape index (κ3) is 5.22. The highest BCUT2D eigenvalue weighted by molar-refractivity contribution is 5.85. The van der Waals surface area contributed by atoms with E-state index in [2.05, 4.69) is 18.8 Å². The number of nitrogens with zero attached hydrogens (tertiary/aromatic N) is 2. The molecule has 1 saturated heterocycles. The third-order valence-electron chi connectivity index (χ3n) is 5.10. The van der Waals surface area contributed by atoms with Crippen LogP contribution in [0.15, 0.2) is 48.8 Å². The van der Waals surface area contributed by atoms with Gasteiger partial charge in [0.25, 0.3) is 5.91 Å². The van der Waals surface area contributed by atoms with E-state index in [0.717, 1.165) is 24.2 Å². The zero-order valence-electron chi connectivity index (χ0n) is 17.3. The molecule has 2 aromatic rings. The number of aromatic nitrogens is 1. The number of hydrogen-bond donors (Lipinski definition) is 0. The molecule has 0 saturated carbocycles. The van der Waals surface area contributed by atoms with E-state index in [1.165, 1.54) is 6.42 Å². The summed E-state index contributed by atoms with van der Waals surface area (Å²) in [7, 11) is 0. The van der Waals surface area contributed by atoms with E-state index in [1.54, 1.807) is 12.4 Å². The molecule has 0 radical (unpaired) electrons. The number of hydrogen-bond acceptors (Lipinski definition) is 3. The normalized spacial score (nSPS) is 20.4. The molecule has 1 aliphatic heterocycles. The van der Waals surface area contributed by atoms with Gasteiger partial charge in [0.15, 0.2) is 5.60 Å². The summed E-state index contributed by atoms with van der Waals surface area (Å²) >= 11 is 0. The van der Waals surface area contributed by atoms with Gasteiger partial charge in [-0.05, 0) is 67.5 Å². The van der Waals surface area contributed by atoms with E-state index in [1.807, 2.05) is 67.3 Å². The van der Waals surface area contributed by atoms with Crippen molar-refractivity contribution in [2.24, 2.45) is 11.8 Å². The van der Waals surface area contributed by atoms with Crippen LogP contribution in [0.5, 0.6) is 5.75 Å². The molecule has 1 fully saturated rings. The predicted octanol–water partition coefficient (Wildman–Crippen LogP) is 4.91. The summed E-state index contributed by atoms with van der Waals surface area (Å²) in [6.07, 6.45) is 8.83. The van der Waals surface area contributed by atoms with Crippen LogP contribution in [-0.4, -0.2) is 34.5 Å². The summed E-state index contributed by atoms with van der Waals surface area (Å²) in [5.41, 5.74) is 1.30. The zero-order chi connectivity index (χ0) is 20.1. The quantitative estimate of drug-likeness (QED) is 0.742. The van der Waals surface area contributed by atoms with Crippen molar-refractivity contribution in [2.75, 3.05) is 13.1 Å². The second-order valence-electron chi connectivity index (χ2n) is 8.45. The highest BCUT2D eigenvalue weighted by Crippen LogP contribution is 2.26. The second kappa shape index (κ2) is 8.59. The molecule has 0 spiro atoms. The maximum absolute atomic E-state index is 13.0. The molecule has 1 aromatic heterocycles. The van der Waals surface area contributed by atoms with Gasteiger partial charge in [0, 0.05) is 25.5 Å². The van der Waals surface area contributed by atoms with Gasteiger partial charge in [0.1, 0.15) is 5.75 Å². The minimum Gasteiger partial charge on any atom is -0.478 e. The molecule has 1 amide bonds. The number of rotatable bonds is 5. The number of pyridine rings is 1. The number of amides is 1. The van der Waals surface area contributed by atoms with E-state index < -0.39 is 5.60 Å². The van der Waals surface area contributed by atoms with Gasteiger partial charge in [-0.2, -0.15) is 0 Å². The van der Waals surface area contributed by atoms with E-state index in [9.17, 15) is 4.79 Å². The smallest absolute Gasteiger partial charge is 0.266 e. The molecule has 4 heteroatoms. The van der Waals surface area contributed by atoms with Crippen LogP contribution in [0.25, 0.3) is 12.2 Å². The average Bonchev–Trinajstić information content (AvgIpc) is 2.66. The summed E-state index contributed by atoms with van der Waals surface area (Å²) in [4.78, 5) is 19.0. The minimum atomic E-state index is -0.884. The second-order valence-corrected chi connectivity index (χ2v) is 8.45. The molecule has 0 N–H and O–H groups in total. The molecule has 2 unspecified atom stereocenters. The molecule has 2 heterocycles. The molecule has 3 rings (SSSR count). The molecule has 2 atom stereocenters. The van der Waals surface area contributed by atoms with Crippen molar-refractivity contribution in [3.05, 3.63) is 59.9 Å². The first kappa shape index (κ1) is 20.1. The Morgan fingerprint density at radius 1 is 1.00 bits per heavy atom. The highest BCUT2D eigenvalue weighted by Gasteiger charge is 2.37. The van der Waals surface area contributed by atoms with Crippen LogP contribution < -0.4 is 4.74 Å². The summed E-state index contributed by atoms with van der Waals surface area (Å²) < 4.78 is 6.08. The van der Waals surface area contributed by atoms with Crippen LogP contribution >= 0.6 is 0 Å². The Bertz CT molecular complexity index is 802. The SMILES string of the molecule is CC1CC(C)CN(C(=O)C(C)(C)Oc2ccc(/C=C/c3ccncc3)cc2)C1. The van der Waals surface area contributed by atoms with Gasteiger partial charge in [0.05, 0.1) is 0 Å². The monoisotopic (exact) mass is 378 g/mol. The Hall–Kier alpha value is -2.62. The first-order valence-electron chi connectivity index (χ1n) is 10.00. The Morgan fingerprint density at radius 2 is 1.54 bits per heavy atom. The van der Waals surface area contributed by atoms with Crippen LogP contribution in [0.4, 0.5) is 0 Å². The number of carbonyl (C=O) groups is 1. The zero-order valence-corrected chi connectivity index (χ0v) is 17.3. The fourth-order valence-corrected chi connectivity index (χ4v) is 3.86. The molecule has 1 aromatic carbocycles. The molecule has 28 heavy (non-hydrogen) atoms. The van der Waals surface area contributed by atoms with E-state index in [4.69, 9.17) is 4.74 Å². The Morgan fingerprint density at radius 3 is 2.11 bits per heavy atom. The van der Waals surface area contributed by atoms with Crippen LogP contribution in [0.3, 0.4) is 0 Å². The number of ether oxygens (including phenoxy) is 1. The Labute approximate surface area is 168 Å². The Balaban J connectivity index is 1.63. The topological polar surface area (TPSA) is 42.4 Å². The van der Waals surface area contributed by atoms with Crippen molar-refractivity contribution in [1.82, 2.24) is 9.88 Å². The van der Waals surface area contributed by atoms with Crippen molar-refractivity contribution in [1.29, 1.82) is 0 Å². The Kier molecular flexibility index (Phi) is 6.18. The van der Waals surface area contributed by atoms with E-state index in [-0.39, 0.29) is 5.91 Å². The molecule has 0 aliphatic carbocycles. The molecule has 4 nitrogen and oxygen atoms in total. The van der Waals surface area contributed by atoms with E-state index >= 15 is 0 Å². The van der Waals surface area contributed by atoms with E-state index in [0.29, 0.717) is 17.6 Å². The van der Waals surface area contributed by atoms with Crippen LogP contribution in [0.2, 0.25) is 0 Å². The van der Waals surface area contributed by atoms with Gasteiger partial charge in [0.2, 0.25) is 0 Å². The molecule has 0 bridgehead atoms. The summed E-state index contributed by atoms with van der Waals surface area (Å²) in [5.74, 6) is 1.84. The predicted molar refractivity (Wildman–Crippen MR) is 114 cm³/mol. The van der Waals surface area contributed by atoms with Crippen molar-refractivity contribution in [3.8, 4) is 5.75 Å². The van der Waals surface area contributed by atoms with Crippen LogP contribution in [0, 0.1) is 11.8 Å². The van der Waals surface area contributed by atoms with Gasteiger partial charge in [-0.1, -0.05) is 38.1 Å². The maximum atomic E-state index is 13.0. The summed E-state index contributed by atoms with van der Waals surface area (Å²) in [5, 5.41) is 0. The van der Waals surface area contributed by atoms with Crippen molar-refractivity contribution < 1.29 is 9.53 Å². The lowest BCUT2D eigenvalue weighted by Gasteiger charge is -2.39. The minimum absolute atomic E-state index is 0.0626. The summed E-state index contributed by atoms with van der Waals surface area (Å²) in [6.45, 7) is 9.76. The first-order chi connectivity index (χ1) is 13.3.